The first-order valence-electron chi connectivity index (χ1n) is 9.70. The monoisotopic (exact) mass is 388 g/mol. The average molecular weight is 389 g/mol. The number of carbonyl (C=O) groups is 1. The third kappa shape index (κ3) is 4.61. The van der Waals surface area contributed by atoms with Gasteiger partial charge in [0.15, 0.2) is 5.11 Å². The molecule has 3 rings (SSSR count). The topological polar surface area (TPSA) is 59.6 Å². The number of hydrogen-bond acceptors (Lipinski definition) is 4. The van der Waals surface area contributed by atoms with Crippen molar-refractivity contribution in [3.05, 3.63) is 41.1 Å². The second-order valence-corrected chi connectivity index (χ2v) is 7.75. The van der Waals surface area contributed by atoms with E-state index in [2.05, 4.69) is 17.6 Å². The van der Waals surface area contributed by atoms with Gasteiger partial charge >= 0.3 is 5.97 Å². The Labute approximate surface area is 166 Å². The van der Waals surface area contributed by atoms with Crippen LogP contribution in [0, 0.1) is 5.92 Å². The zero-order valence-electron chi connectivity index (χ0n) is 16.2. The molecule has 0 radical (unpaired) electrons. The number of para-hydroxylation sites is 1. The van der Waals surface area contributed by atoms with Gasteiger partial charge in [0.05, 0.1) is 18.2 Å². The molecule has 2 aliphatic rings. The number of carbonyl (C=O) groups excluding carboxylic acids is 1. The summed E-state index contributed by atoms with van der Waals surface area (Å²) in [7, 11) is 0. The van der Waals surface area contributed by atoms with Gasteiger partial charge < -0.3 is 20.1 Å². The van der Waals surface area contributed by atoms with E-state index in [-0.39, 0.29) is 12.1 Å². The fourth-order valence-corrected chi connectivity index (χ4v) is 4.17. The Morgan fingerprint density at radius 1 is 1.30 bits per heavy atom. The molecule has 0 spiro atoms. The highest BCUT2D eigenvalue weighted by Crippen LogP contribution is 2.35. The van der Waals surface area contributed by atoms with Gasteiger partial charge in [-0.2, -0.15) is 0 Å². The van der Waals surface area contributed by atoms with Crippen molar-refractivity contribution in [3.8, 4) is 5.75 Å². The molecule has 1 fully saturated rings. The van der Waals surface area contributed by atoms with Gasteiger partial charge in [-0.15, -0.1) is 0 Å². The lowest BCUT2D eigenvalue weighted by Gasteiger charge is -2.32. The van der Waals surface area contributed by atoms with Crippen LogP contribution >= 0.6 is 12.2 Å². The predicted octanol–water partition coefficient (Wildman–Crippen LogP) is 4.00. The first kappa shape index (κ1) is 19.7. The zero-order valence-corrected chi connectivity index (χ0v) is 17.0. The van der Waals surface area contributed by atoms with Gasteiger partial charge in [-0.1, -0.05) is 31.5 Å². The quantitative estimate of drug-likeness (QED) is 0.587. The molecule has 1 aliphatic heterocycles. The number of thiocarbonyl (C=S) groups is 1. The molecule has 0 unspecified atom stereocenters. The van der Waals surface area contributed by atoms with Crippen molar-refractivity contribution in [2.24, 2.45) is 5.92 Å². The molecule has 0 amide bonds. The van der Waals surface area contributed by atoms with E-state index < -0.39 is 6.04 Å². The largest absolute Gasteiger partial charge is 0.494 e. The van der Waals surface area contributed by atoms with Crippen LogP contribution < -0.4 is 15.4 Å². The van der Waals surface area contributed by atoms with Gasteiger partial charge in [0.1, 0.15) is 11.9 Å². The number of esters is 1. The molecule has 1 aliphatic carbocycles. The summed E-state index contributed by atoms with van der Waals surface area (Å²) in [6.45, 7) is 6.57. The normalized spacial score (nSPS) is 25.4. The van der Waals surface area contributed by atoms with Crippen LogP contribution in [0.15, 0.2) is 35.5 Å². The van der Waals surface area contributed by atoms with Crippen LogP contribution in [0.2, 0.25) is 0 Å². The Kier molecular flexibility index (Phi) is 6.37. The molecule has 146 valence electrons. The standard InChI is InChI=1S/C21H28N2O3S/c1-4-25-17-11-6-5-10-16(17)19-18(14(3)22-21(27)23-19)20(24)26-15-9-7-8-13(2)12-15/h5-6,10-11,13,15,19H,4,7-9,12H2,1-3H3,(H2,22,23,27)/t13-,15+,19+/m0/s1. The maximum atomic E-state index is 13.1. The summed E-state index contributed by atoms with van der Waals surface area (Å²) >= 11 is 5.33. The second kappa shape index (κ2) is 8.74. The van der Waals surface area contributed by atoms with Crippen molar-refractivity contribution in [3.63, 3.8) is 0 Å². The molecule has 0 bridgehead atoms. The number of nitrogens with one attached hydrogen (secondary N) is 2. The zero-order chi connectivity index (χ0) is 19.4. The van der Waals surface area contributed by atoms with Gasteiger partial charge in [0.25, 0.3) is 0 Å². The Balaban J connectivity index is 1.89. The summed E-state index contributed by atoms with van der Waals surface area (Å²) in [6.07, 6.45) is 4.16. The van der Waals surface area contributed by atoms with Crippen molar-refractivity contribution < 1.29 is 14.3 Å². The fraction of sp³-hybridized carbons (Fsp3) is 0.524. The average Bonchev–Trinajstić information content (AvgIpc) is 2.61. The van der Waals surface area contributed by atoms with Gasteiger partial charge in [0, 0.05) is 11.3 Å². The Morgan fingerprint density at radius 3 is 2.81 bits per heavy atom. The molecule has 1 aromatic rings. The number of hydrogen-bond donors (Lipinski definition) is 2. The minimum atomic E-state index is -0.394. The van der Waals surface area contributed by atoms with Gasteiger partial charge in [-0.3, -0.25) is 0 Å². The molecule has 1 saturated carbocycles. The number of allylic oxidation sites excluding steroid dienone is 1. The molecular formula is C21H28N2O3S. The number of rotatable bonds is 5. The predicted molar refractivity (Wildman–Crippen MR) is 109 cm³/mol. The maximum Gasteiger partial charge on any atom is 0.338 e. The highest BCUT2D eigenvalue weighted by Gasteiger charge is 2.34. The van der Waals surface area contributed by atoms with E-state index >= 15 is 0 Å². The Bertz CT molecular complexity index is 747. The second-order valence-electron chi connectivity index (χ2n) is 7.34. The van der Waals surface area contributed by atoms with Crippen molar-refractivity contribution >= 4 is 23.3 Å². The summed E-state index contributed by atoms with van der Waals surface area (Å²) in [5, 5.41) is 6.78. The lowest BCUT2D eigenvalue weighted by Crippen LogP contribution is -2.45. The Hall–Kier alpha value is -2.08. The number of benzene rings is 1. The van der Waals surface area contributed by atoms with E-state index in [1.165, 1.54) is 6.42 Å². The summed E-state index contributed by atoms with van der Waals surface area (Å²) < 4.78 is 11.7. The van der Waals surface area contributed by atoms with Crippen LogP contribution in [0.1, 0.15) is 58.1 Å². The molecule has 6 heteroatoms. The minimum Gasteiger partial charge on any atom is -0.494 e. The van der Waals surface area contributed by atoms with Gasteiger partial charge in [-0.25, -0.2) is 4.79 Å². The SMILES string of the molecule is CCOc1ccccc1[C@H]1NC(=S)NC(C)=C1C(=O)O[C@@H]1CCC[C@H](C)C1. The maximum absolute atomic E-state index is 13.1. The van der Waals surface area contributed by atoms with Crippen LogP contribution in [0.25, 0.3) is 0 Å². The van der Waals surface area contributed by atoms with Crippen LogP contribution in [0.4, 0.5) is 0 Å². The van der Waals surface area contributed by atoms with E-state index in [0.717, 1.165) is 36.3 Å². The highest BCUT2D eigenvalue weighted by molar-refractivity contribution is 7.80. The van der Waals surface area contributed by atoms with E-state index in [1.807, 2.05) is 38.1 Å². The van der Waals surface area contributed by atoms with Crippen LogP contribution in [-0.2, 0) is 9.53 Å². The molecule has 1 aromatic carbocycles. The lowest BCUT2D eigenvalue weighted by molar-refractivity contribution is -0.146. The van der Waals surface area contributed by atoms with Gasteiger partial charge in [-0.05, 0) is 57.3 Å². The molecule has 2 N–H and O–H groups in total. The Morgan fingerprint density at radius 2 is 2.07 bits per heavy atom. The molecule has 3 atom stereocenters. The van der Waals surface area contributed by atoms with Crippen molar-refractivity contribution in [1.82, 2.24) is 10.6 Å². The van der Waals surface area contributed by atoms with Crippen LogP contribution in [0.5, 0.6) is 5.75 Å². The third-order valence-corrected chi connectivity index (χ3v) is 5.40. The van der Waals surface area contributed by atoms with E-state index in [1.54, 1.807) is 0 Å². The molecular weight excluding hydrogens is 360 g/mol. The first-order valence-corrected chi connectivity index (χ1v) is 10.1. The third-order valence-electron chi connectivity index (χ3n) is 5.18. The fourth-order valence-electron chi connectivity index (χ4n) is 3.90. The summed E-state index contributed by atoms with van der Waals surface area (Å²) in [4.78, 5) is 13.1. The van der Waals surface area contributed by atoms with E-state index in [0.29, 0.717) is 23.2 Å². The summed E-state index contributed by atoms with van der Waals surface area (Å²) in [5.74, 6) is 1.05. The van der Waals surface area contributed by atoms with Crippen LogP contribution in [-0.4, -0.2) is 23.8 Å². The summed E-state index contributed by atoms with van der Waals surface area (Å²) in [6, 6.07) is 7.33. The molecule has 5 nitrogen and oxygen atoms in total. The minimum absolute atomic E-state index is 0.0155. The first-order chi connectivity index (χ1) is 13.0. The smallest absolute Gasteiger partial charge is 0.338 e. The lowest BCUT2D eigenvalue weighted by atomic mass is 9.88. The van der Waals surface area contributed by atoms with Gasteiger partial charge in [0.2, 0.25) is 0 Å². The molecule has 27 heavy (non-hydrogen) atoms. The highest BCUT2D eigenvalue weighted by atomic mass is 32.1. The number of ether oxygens (including phenoxy) is 2. The van der Waals surface area contributed by atoms with Crippen molar-refractivity contribution in [1.29, 1.82) is 0 Å². The van der Waals surface area contributed by atoms with Crippen molar-refractivity contribution in [2.75, 3.05) is 6.61 Å². The molecule has 1 heterocycles. The molecule has 0 saturated heterocycles. The summed E-state index contributed by atoms with van der Waals surface area (Å²) in [5.41, 5.74) is 2.17. The van der Waals surface area contributed by atoms with Crippen LogP contribution in [0.3, 0.4) is 0 Å². The van der Waals surface area contributed by atoms with Crippen molar-refractivity contribution in [2.45, 2.75) is 58.6 Å². The van der Waals surface area contributed by atoms with E-state index in [4.69, 9.17) is 21.7 Å². The van der Waals surface area contributed by atoms with E-state index in [9.17, 15) is 4.79 Å². The molecule has 0 aromatic heterocycles.